The normalized spacial score (nSPS) is 24.4. The summed E-state index contributed by atoms with van der Waals surface area (Å²) in [5, 5.41) is 0. The van der Waals surface area contributed by atoms with E-state index in [1.54, 1.807) is 32.2 Å². The molecular weight excluding hydrogens is 374 g/mol. The summed E-state index contributed by atoms with van der Waals surface area (Å²) in [6, 6.07) is 8.36. The molecule has 5 rings (SSSR count). The number of aromatic nitrogens is 1. The second kappa shape index (κ2) is 7.01. The van der Waals surface area contributed by atoms with Crippen molar-refractivity contribution in [1.29, 1.82) is 0 Å². The van der Waals surface area contributed by atoms with Gasteiger partial charge < -0.3 is 4.90 Å². The molecule has 0 radical (unpaired) electrons. The third-order valence-corrected chi connectivity index (χ3v) is 6.68. The summed E-state index contributed by atoms with van der Waals surface area (Å²) in [6.45, 7) is 1.74. The molecule has 0 spiro atoms. The number of pyridine rings is 1. The van der Waals surface area contributed by atoms with Crippen molar-refractivity contribution in [2.24, 2.45) is 5.41 Å². The van der Waals surface area contributed by atoms with Gasteiger partial charge >= 0.3 is 0 Å². The number of rotatable bonds is 7. The van der Waals surface area contributed by atoms with Crippen LogP contribution in [0, 0.1) is 17.2 Å². The Morgan fingerprint density at radius 1 is 1.17 bits per heavy atom. The van der Waals surface area contributed by atoms with Gasteiger partial charge in [-0.25, -0.2) is 9.37 Å². The van der Waals surface area contributed by atoms with Crippen molar-refractivity contribution >= 4 is 17.4 Å². The molecule has 6 heteroatoms. The molecule has 2 aromatic rings. The first-order chi connectivity index (χ1) is 13.8. The number of anilines is 1. The predicted molar refractivity (Wildman–Crippen MR) is 106 cm³/mol. The smallest absolute Gasteiger partial charge is 0.226 e. The highest BCUT2D eigenvalue weighted by Gasteiger charge is 2.71. The standard InChI is InChI=1S/C23H24F2N2O2/c1-3-20(29)27(2)18-8-7-16(11-17(18)24)22-12-23(13-22,14-22)19(28)9-6-15-5-4-10-26-21(15)25/h4-5,7-8,10-11H,3,6,9,12-14H2,1-2H3. The fourth-order valence-corrected chi connectivity index (χ4v) is 4.99. The zero-order valence-corrected chi connectivity index (χ0v) is 16.7. The summed E-state index contributed by atoms with van der Waals surface area (Å²) in [6.07, 6.45) is 4.52. The highest BCUT2D eigenvalue weighted by molar-refractivity contribution is 5.93. The van der Waals surface area contributed by atoms with E-state index >= 15 is 0 Å². The van der Waals surface area contributed by atoms with Gasteiger partial charge in [0, 0.05) is 37.1 Å². The van der Waals surface area contributed by atoms with E-state index in [1.807, 2.05) is 6.07 Å². The lowest BCUT2D eigenvalue weighted by molar-refractivity contribution is -0.173. The van der Waals surface area contributed by atoms with Crippen LogP contribution >= 0.6 is 0 Å². The number of nitrogens with zero attached hydrogens (tertiary/aromatic N) is 2. The van der Waals surface area contributed by atoms with Crippen LogP contribution in [0.3, 0.4) is 0 Å². The molecule has 0 unspecified atom stereocenters. The van der Waals surface area contributed by atoms with Crippen LogP contribution in [0.2, 0.25) is 0 Å². The zero-order valence-electron chi connectivity index (χ0n) is 16.7. The van der Waals surface area contributed by atoms with E-state index in [0.717, 1.165) is 24.8 Å². The summed E-state index contributed by atoms with van der Waals surface area (Å²) in [7, 11) is 1.57. The average molecular weight is 398 g/mol. The molecule has 3 saturated carbocycles. The minimum absolute atomic E-state index is 0.137. The summed E-state index contributed by atoms with van der Waals surface area (Å²) >= 11 is 0. The number of Topliss-reactive ketones (excluding diaryl/α,β-unsaturated/α-hetero) is 1. The van der Waals surface area contributed by atoms with Crippen LogP contribution in [0.5, 0.6) is 0 Å². The van der Waals surface area contributed by atoms with E-state index in [9.17, 15) is 18.4 Å². The van der Waals surface area contributed by atoms with Gasteiger partial charge in [-0.1, -0.05) is 19.1 Å². The fraction of sp³-hybridized carbons (Fsp3) is 0.435. The molecule has 3 fully saturated rings. The number of aryl methyl sites for hydroxylation is 1. The van der Waals surface area contributed by atoms with Gasteiger partial charge in [-0.2, -0.15) is 4.39 Å². The number of carbonyl (C=O) groups excluding carboxylic acids is 2. The molecule has 3 aliphatic rings. The van der Waals surface area contributed by atoms with Crippen LogP contribution in [0.1, 0.15) is 50.2 Å². The number of halogens is 2. The van der Waals surface area contributed by atoms with Crippen LogP contribution < -0.4 is 4.90 Å². The first-order valence-electron chi connectivity index (χ1n) is 9.99. The van der Waals surface area contributed by atoms with Crippen molar-refractivity contribution in [3.63, 3.8) is 0 Å². The molecule has 152 valence electrons. The Morgan fingerprint density at radius 2 is 1.90 bits per heavy atom. The molecule has 1 heterocycles. The minimum Gasteiger partial charge on any atom is -0.313 e. The monoisotopic (exact) mass is 398 g/mol. The number of amides is 1. The van der Waals surface area contributed by atoms with Crippen molar-refractivity contribution in [3.8, 4) is 0 Å². The first-order valence-corrected chi connectivity index (χ1v) is 9.99. The van der Waals surface area contributed by atoms with E-state index in [1.165, 1.54) is 17.2 Å². The predicted octanol–water partition coefficient (Wildman–Crippen LogP) is 4.36. The Bertz CT molecular complexity index is 969. The van der Waals surface area contributed by atoms with E-state index in [4.69, 9.17) is 0 Å². The molecule has 1 aromatic carbocycles. The molecule has 2 bridgehead atoms. The molecule has 0 aliphatic heterocycles. The SMILES string of the molecule is CCC(=O)N(C)c1ccc(C23CC(C(=O)CCc4cccnc4F)(C2)C3)cc1F. The molecular formula is C23H24F2N2O2. The largest absolute Gasteiger partial charge is 0.313 e. The van der Waals surface area contributed by atoms with Crippen LogP contribution in [0.25, 0.3) is 0 Å². The van der Waals surface area contributed by atoms with E-state index in [0.29, 0.717) is 24.8 Å². The highest BCUT2D eigenvalue weighted by atomic mass is 19.1. The van der Waals surface area contributed by atoms with Crippen LogP contribution in [-0.4, -0.2) is 23.7 Å². The van der Waals surface area contributed by atoms with Crippen molar-refractivity contribution < 1.29 is 18.4 Å². The molecule has 0 saturated heterocycles. The van der Waals surface area contributed by atoms with E-state index in [-0.39, 0.29) is 28.2 Å². The third-order valence-electron chi connectivity index (χ3n) is 6.68. The van der Waals surface area contributed by atoms with Crippen molar-refractivity contribution in [3.05, 3.63) is 59.4 Å². The number of ketones is 1. The summed E-state index contributed by atoms with van der Waals surface area (Å²) in [4.78, 5) is 29.5. The maximum Gasteiger partial charge on any atom is 0.226 e. The molecule has 0 N–H and O–H groups in total. The Morgan fingerprint density at radius 3 is 2.52 bits per heavy atom. The van der Waals surface area contributed by atoms with Crippen LogP contribution in [-0.2, 0) is 21.4 Å². The van der Waals surface area contributed by atoms with E-state index in [2.05, 4.69) is 4.98 Å². The van der Waals surface area contributed by atoms with Crippen LogP contribution in [0.4, 0.5) is 14.5 Å². The Balaban J connectivity index is 1.39. The Hall–Kier alpha value is -2.63. The van der Waals surface area contributed by atoms with Gasteiger partial charge in [-0.05, 0) is 54.9 Å². The van der Waals surface area contributed by atoms with E-state index < -0.39 is 11.8 Å². The zero-order chi connectivity index (χ0) is 20.8. The summed E-state index contributed by atoms with van der Waals surface area (Å²) < 4.78 is 28.2. The summed E-state index contributed by atoms with van der Waals surface area (Å²) in [5.74, 6) is -0.912. The van der Waals surface area contributed by atoms with Crippen molar-refractivity contribution in [1.82, 2.24) is 4.98 Å². The lowest BCUT2D eigenvalue weighted by Crippen LogP contribution is -2.67. The lowest BCUT2D eigenvalue weighted by atomic mass is 9.32. The fourth-order valence-electron chi connectivity index (χ4n) is 4.99. The Kier molecular flexibility index (Phi) is 4.75. The topological polar surface area (TPSA) is 50.3 Å². The second-order valence-corrected chi connectivity index (χ2v) is 8.44. The lowest BCUT2D eigenvalue weighted by Gasteiger charge is -2.70. The number of hydrogen-bond acceptors (Lipinski definition) is 3. The second-order valence-electron chi connectivity index (χ2n) is 8.44. The van der Waals surface area contributed by atoms with Gasteiger partial charge in [0.2, 0.25) is 11.9 Å². The van der Waals surface area contributed by atoms with Crippen LogP contribution in [0.15, 0.2) is 36.5 Å². The molecule has 29 heavy (non-hydrogen) atoms. The third kappa shape index (κ3) is 3.15. The quantitative estimate of drug-likeness (QED) is 0.652. The summed E-state index contributed by atoms with van der Waals surface area (Å²) in [5.41, 5.74) is 1.16. The Labute approximate surface area is 168 Å². The minimum atomic E-state index is -0.517. The van der Waals surface area contributed by atoms with Gasteiger partial charge in [0.1, 0.15) is 11.6 Å². The van der Waals surface area contributed by atoms with Gasteiger partial charge in [0.15, 0.2) is 0 Å². The number of carbonyl (C=O) groups is 2. The van der Waals surface area contributed by atoms with Crippen molar-refractivity contribution in [2.45, 2.75) is 50.9 Å². The number of benzene rings is 1. The van der Waals surface area contributed by atoms with Gasteiger partial charge in [-0.3, -0.25) is 9.59 Å². The number of hydrogen-bond donors (Lipinski definition) is 0. The first kappa shape index (κ1) is 19.7. The maximum atomic E-state index is 14.6. The average Bonchev–Trinajstić information content (AvgIpc) is 2.64. The van der Waals surface area contributed by atoms with Gasteiger partial charge in [0.25, 0.3) is 0 Å². The highest BCUT2D eigenvalue weighted by Crippen LogP contribution is 2.74. The van der Waals surface area contributed by atoms with Gasteiger partial charge in [0.05, 0.1) is 5.69 Å². The van der Waals surface area contributed by atoms with Crippen molar-refractivity contribution in [2.75, 3.05) is 11.9 Å². The molecule has 0 atom stereocenters. The molecule has 3 aliphatic carbocycles. The molecule has 4 nitrogen and oxygen atoms in total. The van der Waals surface area contributed by atoms with Gasteiger partial charge in [-0.15, -0.1) is 0 Å². The molecule has 1 amide bonds. The maximum absolute atomic E-state index is 14.6. The molecule has 1 aromatic heterocycles.